The second-order valence-electron chi connectivity index (χ2n) is 7.03. The maximum Gasteiger partial charge on any atom is 0.295 e. The number of benzene rings is 1. The molecule has 1 N–H and O–H groups in total. The highest BCUT2D eigenvalue weighted by Gasteiger charge is 2.47. The first-order chi connectivity index (χ1) is 13.0. The Kier molecular flexibility index (Phi) is 5.49. The van der Waals surface area contributed by atoms with Gasteiger partial charge in [0, 0.05) is 12.1 Å². The topological polar surface area (TPSA) is 70.8 Å². The summed E-state index contributed by atoms with van der Waals surface area (Å²) in [5.74, 6) is -0.905. The first kappa shape index (κ1) is 19.0. The van der Waals surface area contributed by atoms with Gasteiger partial charge in [0.2, 0.25) is 0 Å². The van der Waals surface area contributed by atoms with Gasteiger partial charge in [0.05, 0.1) is 11.8 Å². The Morgan fingerprint density at radius 1 is 1.19 bits per heavy atom. The minimum Gasteiger partial charge on any atom is -0.507 e. The number of amides is 1. The zero-order chi connectivity index (χ0) is 19.6. The van der Waals surface area contributed by atoms with Crippen molar-refractivity contribution >= 4 is 17.4 Å². The van der Waals surface area contributed by atoms with Crippen molar-refractivity contribution in [2.75, 3.05) is 6.54 Å². The number of carbonyl (C=O) groups excluding carboxylic acids is 2. The van der Waals surface area contributed by atoms with Gasteiger partial charge in [-0.1, -0.05) is 37.5 Å². The van der Waals surface area contributed by atoms with Gasteiger partial charge >= 0.3 is 0 Å². The molecule has 2 heterocycles. The Morgan fingerprint density at radius 3 is 2.63 bits per heavy atom. The number of nitrogens with zero attached hydrogens (tertiary/aromatic N) is 1. The molecule has 1 atom stereocenters. The summed E-state index contributed by atoms with van der Waals surface area (Å²) in [6.07, 6.45) is 4.28. The van der Waals surface area contributed by atoms with Crippen LogP contribution in [0.2, 0.25) is 0 Å². The lowest BCUT2D eigenvalue weighted by Crippen LogP contribution is -2.30. The second kappa shape index (κ2) is 7.82. The van der Waals surface area contributed by atoms with Crippen molar-refractivity contribution in [2.45, 2.75) is 46.1 Å². The molecule has 1 unspecified atom stereocenters. The average Bonchev–Trinajstić information content (AvgIpc) is 3.25. The minimum atomic E-state index is -0.697. The number of carbonyl (C=O) groups is 2. The van der Waals surface area contributed by atoms with E-state index in [-0.39, 0.29) is 11.3 Å². The van der Waals surface area contributed by atoms with Crippen molar-refractivity contribution in [3.8, 4) is 0 Å². The van der Waals surface area contributed by atoms with Gasteiger partial charge in [-0.15, -0.1) is 0 Å². The van der Waals surface area contributed by atoms with Crippen LogP contribution in [0.1, 0.15) is 54.7 Å². The van der Waals surface area contributed by atoms with E-state index in [2.05, 4.69) is 6.92 Å². The second-order valence-corrected chi connectivity index (χ2v) is 7.03. The number of Topliss-reactive ketones (excluding diaryl/α,β-unsaturated/α-hetero) is 1. The van der Waals surface area contributed by atoms with Crippen LogP contribution >= 0.6 is 0 Å². The molecule has 0 saturated carbocycles. The molecule has 1 saturated heterocycles. The van der Waals surface area contributed by atoms with Crippen molar-refractivity contribution in [1.29, 1.82) is 0 Å². The third-order valence-corrected chi connectivity index (χ3v) is 5.00. The van der Waals surface area contributed by atoms with Gasteiger partial charge in [-0.05, 0) is 44.0 Å². The molecule has 1 aliphatic heterocycles. The molecule has 1 fully saturated rings. The van der Waals surface area contributed by atoms with E-state index in [4.69, 9.17) is 4.42 Å². The predicted molar refractivity (Wildman–Crippen MR) is 103 cm³/mol. The summed E-state index contributed by atoms with van der Waals surface area (Å²) >= 11 is 0. The third-order valence-electron chi connectivity index (χ3n) is 5.00. The largest absolute Gasteiger partial charge is 0.507 e. The lowest BCUT2D eigenvalue weighted by atomic mass is 9.96. The van der Waals surface area contributed by atoms with Gasteiger partial charge in [0.1, 0.15) is 17.6 Å². The van der Waals surface area contributed by atoms with Crippen LogP contribution in [0.25, 0.3) is 5.76 Å². The number of aliphatic hydroxyl groups excluding tert-OH is 1. The number of aryl methyl sites for hydroxylation is 2. The van der Waals surface area contributed by atoms with Gasteiger partial charge < -0.3 is 14.4 Å². The highest BCUT2D eigenvalue weighted by Crippen LogP contribution is 2.40. The van der Waals surface area contributed by atoms with Crippen LogP contribution in [0.15, 0.2) is 46.6 Å². The smallest absolute Gasteiger partial charge is 0.295 e. The van der Waals surface area contributed by atoms with E-state index in [1.807, 2.05) is 32.0 Å². The van der Waals surface area contributed by atoms with Gasteiger partial charge in [0.25, 0.3) is 11.7 Å². The molecule has 3 rings (SSSR count). The highest BCUT2D eigenvalue weighted by molar-refractivity contribution is 6.46. The van der Waals surface area contributed by atoms with Crippen molar-refractivity contribution in [3.05, 3.63) is 64.6 Å². The fraction of sp³-hybridized carbons (Fsp3) is 0.364. The molecule has 0 bridgehead atoms. The average molecular weight is 367 g/mol. The van der Waals surface area contributed by atoms with Gasteiger partial charge in [0.15, 0.2) is 0 Å². The number of furan rings is 1. The molecule has 2 aromatic rings. The molecule has 0 spiro atoms. The summed E-state index contributed by atoms with van der Waals surface area (Å²) in [5.41, 5.74) is 2.47. The molecule has 142 valence electrons. The van der Waals surface area contributed by atoms with Crippen LogP contribution in [-0.4, -0.2) is 28.2 Å². The molecular weight excluding hydrogens is 342 g/mol. The molecule has 0 aliphatic carbocycles. The Morgan fingerprint density at radius 2 is 1.96 bits per heavy atom. The maximum atomic E-state index is 12.8. The SMILES string of the molecule is CCCCCN1C(=O)C(=O)/C(=C(\O)c2cc(C)ccc2C)C1c1ccco1. The number of aliphatic hydroxyl groups is 1. The van der Waals surface area contributed by atoms with E-state index < -0.39 is 17.7 Å². The zero-order valence-electron chi connectivity index (χ0n) is 16.0. The van der Waals surface area contributed by atoms with Crippen molar-refractivity contribution in [3.63, 3.8) is 0 Å². The Bertz CT molecular complexity index is 880. The first-order valence-electron chi connectivity index (χ1n) is 9.35. The van der Waals surface area contributed by atoms with Crippen molar-refractivity contribution in [2.24, 2.45) is 0 Å². The molecule has 5 heteroatoms. The normalized spacial score (nSPS) is 19.1. The van der Waals surface area contributed by atoms with Crippen molar-refractivity contribution < 1.29 is 19.1 Å². The van der Waals surface area contributed by atoms with Gasteiger partial charge in [-0.2, -0.15) is 0 Å². The van der Waals surface area contributed by atoms with E-state index in [0.29, 0.717) is 17.9 Å². The molecule has 1 amide bonds. The molecule has 5 nitrogen and oxygen atoms in total. The standard InChI is InChI=1S/C22H25NO4/c1-4-5-6-11-23-19(17-8-7-12-27-17)18(21(25)22(23)26)20(24)16-13-14(2)9-10-15(16)3/h7-10,12-13,19,24H,4-6,11H2,1-3H3/b20-18-. The molecule has 27 heavy (non-hydrogen) atoms. The number of hydrogen-bond acceptors (Lipinski definition) is 4. The predicted octanol–water partition coefficient (Wildman–Crippen LogP) is 4.51. The van der Waals surface area contributed by atoms with Crippen LogP contribution in [0.3, 0.4) is 0 Å². The van der Waals surface area contributed by atoms with Gasteiger partial charge in [-0.25, -0.2) is 0 Å². The lowest BCUT2D eigenvalue weighted by Gasteiger charge is -2.23. The van der Waals surface area contributed by atoms with Crippen LogP contribution in [0.4, 0.5) is 0 Å². The van der Waals surface area contributed by atoms with Crippen LogP contribution in [0, 0.1) is 13.8 Å². The third kappa shape index (κ3) is 3.54. The summed E-state index contributed by atoms with van der Waals surface area (Å²) in [6, 6.07) is 8.42. The summed E-state index contributed by atoms with van der Waals surface area (Å²) < 4.78 is 5.53. The van der Waals surface area contributed by atoms with E-state index >= 15 is 0 Å². The van der Waals surface area contributed by atoms with E-state index in [0.717, 1.165) is 30.4 Å². The Hall–Kier alpha value is -2.82. The molecule has 1 aromatic carbocycles. The Balaban J connectivity index is 2.12. The summed E-state index contributed by atoms with van der Waals surface area (Å²) in [6.45, 7) is 6.32. The number of rotatable bonds is 6. The molecule has 1 aromatic heterocycles. The van der Waals surface area contributed by atoms with E-state index in [9.17, 15) is 14.7 Å². The molecule has 1 aliphatic rings. The molecular formula is C22H25NO4. The monoisotopic (exact) mass is 367 g/mol. The number of ketones is 1. The quantitative estimate of drug-likeness (QED) is 0.353. The van der Waals surface area contributed by atoms with Gasteiger partial charge in [-0.3, -0.25) is 9.59 Å². The first-order valence-corrected chi connectivity index (χ1v) is 9.35. The van der Waals surface area contributed by atoms with E-state index in [1.54, 1.807) is 12.1 Å². The Labute approximate surface area is 159 Å². The fourth-order valence-electron chi connectivity index (χ4n) is 3.52. The lowest BCUT2D eigenvalue weighted by molar-refractivity contribution is -0.140. The maximum absolute atomic E-state index is 12.8. The van der Waals surface area contributed by atoms with Crippen LogP contribution in [0.5, 0.6) is 0 Å². The fourth-order valence-corrected chi connectivity index (χ4v) is 3.52. The van der Waals surface area contributed by atoms with Crippen LogP contribution in [-0.2, 0) is 9.59 Å². The number of unbranched alkanes of at least 4 members (excludes halogenated alkanes) is 2. The molecule has 0 radical (unpaired) electrons. The zero-order valence-corrected chi connectivity index (χ0v) is 16.0. The summed E-state index contributed by atoms with van der Waals surface area (Å²) in [4.78, 5) is 27.0. The summed E-state index contributed by atoms with van der Waals surface area (Å²) in [5, 5.41) is 11.0. The van der Waals surface area contributed by atoms with E-state index in [1.165, 1.54) is 11.2 Å². The number of likely N-dealkylation sites (tertiary alicyclic amines) is 1. The minimum absolute atomic E-state index is 0.0974. The summed E-state index contributed by atoms with van der Waals surface area (Å²) in [7, 11) is 0. The highest BCUT2D eigenvalue weighted by atomic mass is 16.3. The number of hydrogen-bond donors (Lipinski definition) is 1. The van der Waals surface area contributed by atoms with Crippen LogP contribution < -0.4 is 0 Å². The van der Waals surface area contributed by atoms with Crippen molar-refractivity contribution in [1.82, 2.24) is 4.90 Å².